The zero-order valence-corrected chi connectivity index (χ0v) is 18.1. The summed E-state index contributed by atoms with van der Waals surface area (Å²) in [6.07, 6.45) is -3.64. The van der Waals surface area contributed by atoms with Crippen LogP contribution in [0.25, 0.3) is 11.6 Å². The highest BCUT2D eigenvalue weighted by Crippen LogP contribution is 2.45. The lowest BCUT2D eigenvalue weighted by Crippen LogP contribution is -2.27. The molecule has 0 bridgehead atoms. The van der Waals surface area contributed by atoms with Gasteiger partial charge in [-0.3, -0.25) is 0 Å². The van der Waals surface area contributed by atoms with Gasteiger partial charge in [-0.1, -0.05) is 25.0 Å². The van der Waals surface area contributed by atoms with E-state index < -0.39 is 29.2 Å². The Kier molecular flexibility index (Phi) is 5.41. The molecule has 1 aliphatic rings. The average molecular weight is 492 g/mol. The van der Waals surface area contributed by atoms with Crippen LogP contribution in [0.2, 0.25) is 0 Å². The summed E-state index contributed by atoms with van der Waals surface area (Å²) in [4.78, 5) is 9.26. The van der Waals surface area contributed by atoms with Crippen molar-refractivity contribution < 1.29 is 26.3 Å². The fraction of sp³-hybridized carbons (Fsp3) is 0.304. The van der Waals surface area contributed by atoms with Gasteiger partial charge in [-0.25, -0.2) is 19.3 Å². The summed E-state index contributed by atoms with van der Waals surface area (Å²) in [5, 5.41) is 7.20. The Bertz CT molecular complexity index is 1250. The van der Waals surface area contributed by atoms with Gasteiger partial charge in [0.15, 0.2) is 23.0 Å². The highest BCUT2D eigenvalue weighted by Gasteiger charge is 2.41. The number of hydrogen-bond acceptors (Lipinski definition) is 4. The molecule has 4 heterocycles. The Morgan fingerprint density at radius 1 is 0.629 bits per heavy atom. The van der Waals surface area contributed by atoms with Gasteiger partial charge in [-0.2, -0.15) is 36.5 Å². The lowest BCUT2D eigenvalue weighted by Gasteiger charge is -2.28. The van der Waals surface area contributed by atoms with Gasteiger partial charge < -0.3 is 0 Å². The molecule has 0 amide bonds. The van der Waals surface area contributed by atoms with E-state index >= 15 is 0 Å². The summed E-state index contributed by atoms with van der Waals surface area (Å²) in [6.45, 7) is 0. The third-order valence-corrected chi connectivity index (χ3v) is 6.13. The third kappa shape index (κ3) is 4.28. The SMILES string of the molecule is FC(F)(F)c1ccn(-c2cccc(C3(c4cccc(-n5ccc(C(F)(F)F)n5)n4)CCCC3)n2)n1. The van der Waals surface area contributed by atoms with Gasteiger partial charge in [0, 0.05) is 12.4 Å². The molecule has 5 rings (SSSR count). The van der Waals surface area contributed by atoms with Crippen LogP contribution in [0.4, 0.5) is 26.3 Å². The predicted molar refractivity (Wildman–Crippen MR) is 112 cm³/mol. The van der Waals surface area contributed by atoms with E-state index in [0.717, 1.165) is 34.3 Å². The van der Waals surface area contributed by atoms with E-state index in [-0.39, 0.29) is 11.6 Å². The number of pyridine rings is 2. The number of nitrogens with zero attached hydrogens (tertiary/aromatic N) is 6. The van der Waals surface area contributed by atoms with Gasteiger partial charge in [-0.15, -0.1) is 0 Å². The Morgan fingerprint density at radius 3 is 1.43 bits per heavy atom. The van der Waals surface area contributed by atoms with E-state index in [1.54, 1.807) is 36.4 Å². The van der Waals surface area contributed by atoms with Crippen molar-refractivity contribution in [1.29, 1.82) is 0 Å². The van der Waals surface area contributed by atoms with Crippen LogP contribution < -0.4 is 0 Å². The molecule has 1 fully saturated rings. The maximum atomic E-state index is 13.0. The van der Waals surface area contributed by atoms with Crippen molar-refractivity contribution in [2.24, 2.45) is 0 Å². The maximum absolute atomic E-state index is 13.0. The zero-order chi connectivity index (χ0) is 24.8. The molecule has 1 aliphatic carbocycles. The van der Waals surface area contributed by atoms with Crippen molar-refractivity contribution >= 4 is 0 Å². The zero-order valence-electron chi connectivity index (χ0n) is 18.1. The van der Waals surface area contributed by atoms with E-state index in [0.29, 0.717) is 24.2 Å². The van der Waals surface area contributed by atoms with Crippen LogP contribution in [0.15, 0.2) is 60.9 Å². The second-order valence-corrected chi connectivity index (χ2v) is 8.34. The molecule has 0 aliphatic heterocycles. The van der Waals surface area contributed by atoms with Crippen LogP contribution in [0, 0.1) is 0 Å². The minimum absolute atomic E-state index is 0.224. The van der Waals surface area contributed by atoms with Gasteiger partial charge in [0.1, 0.15) is 0 Å². The van der Waals surface area contributed by atoms with E-state index in [4.69, 9.17) is 0 Å². The van der Waals surface area contributed by atoms with Gasteiger partial charge in [0.25, 0.3) is 0 Å². The van der Waals surface area contributed by atoms with Crippen molar-refractivity contribution in [3.8, 4) is 11.6 Å². The molecule has 0 radical (unpaired) electrons. The third-order valence-electron chi connectivity index (χ3n) is 6.13. The van der Waals surface area contributed by atoms with Crippen LogP contribution in [0.5, 0.6) is 0 Å². The number of rotatable bonds is 4. The van der Waals surface area contributed by atoms with Gasteiger partial charge >= 0.3 is 12.4 Å². The van der Waals surface area contributed by atoms with Gasteiger partial charge in [-0.05, 0) is 49.2 Å². The van der Waals surface area contributed by atoms with E-state index in [1.165, 1.54) is 12.4 Å². The maximum Gasteiger partial charge on any atom is 0.435 e. The molecular weight excluding hydrogens is 474 g/mol. The first kappa shape index (κ1) is 23.1. The van der Waals surface area contributed by atoms with Crippen LogP contribution in [0.3, 0.4) is 0 Å². The molecule has 0 unspecified atom stereocenters. The Morgan fingerprint density at radius 2 is 1.06 bits per heavy atom. The number of alkyl halides is 6. The van der Waals surface area contributed by atoms with E-state index in [9.17, 15) is 26.3 Å². The standard InChI is InChI=1S/C23H18F6N6/c24-22(25,26)17-9-13-34(32-17)19-7-3-5-15(30-19)21(11-1-2-12-21)16-6-4-8-20(31-16)35-14-10-18(33-35)23(27,28)29/h3-10,13-14H,1-2,11-12H2. The molecule has 182 valence electrons. The molecule has 0 N–H and O–H groups in total. The van der Waals surface area contributed by atoms with Gasteiger partial charge in [0.05, 0.1) is 16.8 Å². The summed E-state index contributed by atoms with van der Waals surface area (Å²) in [5.74, 6) is 0.449. The Balaban J connectivity index is 1.54. The van der Waals surface area contributed by atoms with E-state index in [2.05, 4.69) is 20.2 Å². The molecule has 0 atom stereocenters. The van der Waals surface area contributed by atoms with Crippen LogP contribution in [-0.4, -0.2) is 29.5 Å². The molecule has 0 saturated heterocycles. The Labute approximate surface area is 195 Å². The molecule has 6 nitrogen and oxygen atoms in total. The molecule has 12 heteroatoms. The monoisotopic (exact) mass is 492 g/mol. The smallest absolute Gasteiger partial charge is 0.233 e. The minimum atomic E-state index is -4.57. The molecule has 0 aromatic carbocycles. The van der Waals surface area contributed by atoms with Crippen molar-refractivity contribution in [2.75, 3.05) is 0 Å². The normalized spacial score (nSPS) is 16.1. The number of aromatic nitrogens is 6. The lowest BCUT2D eigenvalue weighted by atomic mass is 9.78. The second-order valence-electron chi connectivity index (χ2n) is 8.34. The summed E-state index contributed by atoms with van der Waals surface area (Å²) in [6, 6.07) is 11.8. The molecule has 4 aromatic heterocycles. The molecule has 1 saturated carbocycles. The minimum Gasteiger partial charge on any atom is -0.233 e. The topological polar surface area (TPSA) is 61.4 Å². The highest BCUT2D eigenvalue weighted by molar-refractivity contribution is 5.38. The molecule has 35 heavy (non-hydrogen) atoms. The summed E-state index contributed by atoms with van der Waals surface area (Å²) in [5.41, 5.74) is -1.47. The van der Waals surface area contributed by atoms with Crippen molar-refractivity contribution in [3.05, 3.63) is 83.7 Å². The second kappa shape index (κ2) is 8.21. The fourth-order valence-corrected chi connectivity index (χ4v) is 4.46. The first-order valence-corrected chi connectivity index (χ1v) is 10.8. The van der Waals surface area contributed by atoms with E-state index in [1.807, 2.05) is 0 Å². The summed E-state index contributed by atoms with van der Waals surface area (Å²) in [7, 11) is 0. The van der Waals surface area contributed by atoms with Crippen molar-refractivity contribution in [3.63, 3.8) is 0 Å². The van der Waals surface area contributed by atoms with Crippen molar-refractivity contribution in [2.45, 2.75) is 43.5 Å². The van der Waals surface area contributed by atoms with Crippen molar-refractivity contribution in [1.82, 2.24) is 29.5 Å². The van der Waals surface area contributed by atoms with Crippen LogP contribution in [-0.2, 0) is 17.8 Å². The molecule has 0 spiro atoms. The predicted octanol–water partition coefficient (Wildman–Crippen LogP) is 5.75. The average Bonchev–Trinajstić information content (AvgIpc) is 3.59. The fourth-order valence-electron chi connectivity index (χ4n) is 4.46. The molecular formula is C23H18F6N6. The Hall–Kier alpha value is -3.70. The van der Waals surface area contributed by atoms with Crippen LogP contribution in [0.1, 0.15) is 48.5 Å². The van der Waals surface area contributed by atoms with Gasteiger partial charge in [0.2, 0.25) is 0 Å². The number of halogens is 6. The summed E-state index contributed by atoms with van der Waals surface area (Å²) >= 11 is 0. The molecule has 4 aromatic rings. The highest BCUT2D eigenvalue weighted by atomic mass is 19.4. The largest absolute Gasteiger partial charge is 0.435 e. The quantitative estimate of drug-likeness (QED) is 0.341. The summed E-state index contributed by atoms with van der Waals surface area (Å²) < 4.78 is 80.1. The number of hydrogen-bond donors (Lipinski definition) is 0. The first-order valence-electron chi connectivity index (χ1n) is 10.8. The van der Waals surface area contributed by atoms with Crippen LogP contribution >= 0.6 is 0 Å². The lowest BCUT2D eigenvalue weighted by molar-refractivity contribution is -0.142. The first-order chi connectivity index (χ1) is 16.6.